The van der Waals surface area contributed by atoms with E-state index in [0.29, 0.717) is 0 Å². The fourth-order valence-electron chi connectivity index (χ4n) is 2.20. The van der Waals surface area contributed by atoms with Crippen molar-refractivity contribution in [2.75, 3.05) is 6.54 Å². The molecule has 0 amide bonds. The van der Waals surface area contributed by atoms with Gasteiger partial charge in [-0.05, 0) is 49.9 Å². The summed E-state index contributed by atoms with van der Waals surface area (Å²) >= 11 is 1.80. The van der Waals surface area contributed by atoms with Crippen LogP contribution in [0.1, 0.15) is 23.6 Å². The largest absolute Gasteiger partial charge is 0.380 e. The van der Waals surface area contributed by atoms with E-state index in [9.17, 15) is 0 Å². The van der Waals surface area contributed by atoms with Gasteiger partial charge in [0.15, 0.2) is 0 Å². The van der Waals surface area contributed by atoms with E-state index in [0.717, 1.165) is 13.0 Å². The first-order chi connectivity index (χ1) is 10.2. The Morgan fingerprint density at radius 3 is 2.33 bits per heavy atom. The lowest BCUT2D eigenvalue weighted by molar-refractivity contribution is 0.817. The van der Waals surface area contributed by atoms with Crippen molar-refractivity contribution in [3.8, 4) is 0 Å². The minimum absolute atomic E-state index is 0.962. The van der Waals surface area contributed by atoms with E-state index in [1.54, 1.807) is 11.8 Å². The molecular weight excluding hydrogens is 274 g/mol. The van der Waals surface area contributed by atoms with Crippen molar-refractivity contribution in [2.24, 2.45) is 0 Å². The monoisotopic (exact) mass is 297 g/mol. The molecule has 0 aromatic heterocycles. The molecule has 2 heteroatoms. The van der Waals surface area contributed by atoms with E-state index in [1.807, 2.05) is 0 Å². The summed E-state index contributed by atoms with van der Waals surface area (Å²) in [5.41, 5.74) is 4.11. The van der Waals surface area contributed by atoms with Crippen LogP contribution in [0.4, 0.5) is 0 Å². The van der Waals surface area contributed by atoms with Crippen LogP contribution in [0.2, 0.25) is 0 Å². The SMILES string of the molecule is CC=C(NCCc1ccccc1C)Sc1ccccc1C. The van der Waals surface area contributed by atoms with Gasteiger partial charge in [-0.2, -0.15) is 0 Å². The Morgan fingerprint density at radius 1 is 1.00 bits per heavy atom. The van der Waals surface area contributed by atoms with Crippen LogP contribution in [0.3, 0.4) is 0 Å². The molecule has 0 aliphatic rings. The van der Waals surface area contributed by atoms with Crippen LogP contribution in [0.25, 0.3) is 0 Å². The second-order valence-corrected chi connectivity index (χ2v) is 6.21. The molecule has 0 unspecified atom stereocenters. The Kier molecular flexibility index (Phi) is 5.94. The second kappa shape index (κ2) is 7.94. The van der Waals surface area contributed by atoms with E-state index in [1.165, 1.54) is 26.6 Å². The molecule has 21 heavy (non-hydrogen) atoms. The molecule has 2 aromatic rings. The average Bonchev–Trinajstić information content (AvgIpc) is 2.50. The maximum absolute atomic E-state index is 3.54. The molecule has 0 saturated heterocycles. The Hall–Kier alpha value is -1.67. The summed E-state index contributed by atoms with van der Waals surface area (Å²) in [6.07, 6.45) is 3.20. The minimum Gasteiger partial charge on any atom is -0.380 e. The van der Waals surface area contributed by atoms with Crippen molar-refractivity contribution in [1.82, 2.24) is 5.32 Å². The lowest BCUT2D eigenvalue weighted by Crippen LogP contribution is -2.15. The maximum Gasteiger partial charge on any atom is 0.0686 e. The zero-order chi connectivity index (χ0) is 15.1. The Balaban J connectivity index is 1.89. The van der Waals surface area contributed by atoms with Crippen LogP contribution in [0.15, 0.2) is 64.5 Å². The van der Waals surface area contributed by atoms with Gasteiger partial charge in [0, 0.05) is 11.4 Å². The Labute approximate surface area is 132 Å². The number of allylic oxidation sites excluding steroid dienone is 1. The normalized spacial score (nSPS) is 11.5. The van der Waals surface area contributed by atoms with Gasteiger partial charge in [-0.15, -0.1) is 0 Å². The third-order valence-corrected chi connectivity index (χ3v) is 4.81. The van der Waals surface area contributed by atoms with Gasteiger partial charge in [-0.25, -0.2) is 0 Å². The number of thioether (sulfide) groups is 1. The fourth-order valence-corrected chi connectivity index (χ4v) is 3.10. The van der Waals surface area contributed by atoms with Crippen molar-refractivity contribution in [3.05, 3.63) is 76.3 Å². The van der Waals surface area contributed by atoms with Crippen molar-refractivity contribution in [2.45, 2.75) is 32.1 Å². The highest BCUT2D eigenvalue weighted by Crippen LogP contribution is 2.27. The minimum atomic E-state index is 0.962. The van der Waals surface area contributed by atoms with E-state index in [-0.39, 0.29) is 0 Å². The molecule has 0 atom stereocenters. The molecular formula is C19H23NS. The Bertz CT molecular complexity index is 616. The molecule has 0 aliphatic carbocycles. The third kappa shape index (κ3) is 4.68. The number of nitrogens with one attached hydrogen (secondary N) is 1. The van der Waals surface area contributed by atoms with Gasteiger partial charge in [-0.3, -0.25) is 0 Å². The molecule has 110 valence electrons. The van der Waals surface area contributed by atoms with Gasteiger partial charge in [0.05, 0.1) is 5.03 Å². The predicted octanol–water partition coefficient (Wildman–Crippen LogP) is 5.09. The smallest absolute Gasteiger partial charge is 0.0686 e. The average molecular weight is 297 g/mol. The van der Waals surface area contributed by atoms with Crippen LogP contribution >= 0.6 is 11.8 Å². The molecule has 1 N–H and O–H groups in total. The number of rotatable bonds is 6. The lowest BCUT2D eigenvalue weighted by atomic mass is 10.1. The van der Waals surface area contributed by atoms with Crippen molar-refractivity contribution >= 4 is 11.8 Å². The van der Waals surface area contributed by atoms with Crippen LogP contribution in [0, 0.1) is 13.8 Å². The topological polar surface area (TPSA) is 12.0 Å². The summed E-state index contributed by atoms with van der Waals surface area (Å²) in [5.74, 6) is 0. The molecule has 0 spiro atoms. The quantitative estimate of drug-likeness (QED) is 0.745. The third-order valence-electron chi connectivity index (χ3n) is 3.53. The Morgan fingerprint density at radius 2 is 1.67 bits per heavy atom. The van der Waals surface area contributed by atoms with Crippen LogP contribution in [-0.2, 0) is 6.42 Å². The van der Waals surface area contributed by atoms with Crippen LogP contribution < -0.4 is 5.32 Å². The van der Waals surface area contributed by atoms with Crippen LogP contribution in [-0.4, -0.2) is 6.54 Å². The van der Waals surface area contributed by atoms with Gasteiger partial charge in [0.1, 0.15) is 0 Å². The zero-order valence-corrected chi connectivity index (χ0v) is 13.8. The second-order valence-electron chi connectivity index (χ2n) is 5.12. The highest BCUT2D eigenvalue weighted by molar-refractivity contribution is 8.03. The number of benzene rings is 2. The van der Waals surface area contributed by atoms with Gasteiger partial charge < -0.3 is 5.32 Å². The first-order valence-electron chi connectivity index (χ1n) is 7.39. The number of hydrogen-bond donors (Lipinski definition) is 1. The summed E-state index contributed by atoms with van der Waals surface area (Å²) in [4.78, 5) is 1.31. The van der Waals surface area contributed by atoms with E-state index < -0.39 is 0 Å². The molecule has 0 radical (unpaired) electrons. The number of hydrogen-bond acceptors (Lipinski definition) is 2. The molecule has 0 bridgehead atoms. The van der Waals surface area contributed by atoms with E-state index in [4.69, 9.17) is 0 Å². The van der Waals surface area contributed by atoms with Crippen LogP contribution in [0.5, 0.6) is 0 Å². The highest BCUT2D eigenvalue weighted by atomic mass is 32.2. The maximum atomic E-state index is 3.54. The first kappa shape index (κ1) is 15.7. The predicted molar refractivity (Wildman–Crippen MR) is 93.7 cm³/mol. The standard InChI is InChI=1S/C19H23NS/c1-4-19(21-18-12-8-6-10-16(18)3)20-14-13-17-11-7-5-9-15(17)2/h4-12,20H,13-14H2,1-3H3. The van der Waals surface area contributed by atoms with Gasteiger partial charge in [0.2, 0.25) is 0 Å². The fraction of sp³-hybridized carbons (Fsp3) is 0.263. The van der Waals surface area contributed by atoms with E-state index in [2.05, 4.69) is 80.7 Å². The van der Waals surface area contributed by atoms with E-state index >= 15 is 0 Å². The number of aryl methyl sites for hydroxylation is 2. The zero-order valence-electron chi connectivity index (χ0n) is 13.0. The van der Waals surface area contributed by atoms with Crippen molar-refractivity contribution < 1.29 is 0 Å². The van der Waals surface area contributed by atoms with Crippen molar-refractivity contribution in [1.29, 1.82) is 0 Å². The van der Waals surface area contributed by atoms with Gasteiger partial charge >= 0.3 is 0 Å². The molecule has 2 rings (SSSR count). The molecule has 0 saturated carbocycles. The summed E-state index contributed by atoms with van der Waals surface area (Å²) in [5, 5.41) is 4.77. The molecule has 0 fully saturated rings. The molecule has 1 nitrogen and oxygen atoms in total. The lowest BCUT2D eigenvalue weighted by Gasteiger charge is -2.12. The first-order valence-corrected chi connectivity index (χ1v) is 8.20. The molecule has 0 aliphatic heterocycles. The summed E-state index contributed by atoms with van der Waals surface area (Å²) in [6, 6.07) is 17.1. The highest BCUT2D eigenvalue weighted by Gasteiger charge is 2.03. The van der Waals surface area contributed by atoms with Crippen molar-refractivity contribution in [3.63, 3.8) is 0 Å². The summed E-state index contributed by atoms with van der Waals surface area (Å²) < 4.78 is 0. The summed E-state index contributed by atoms with van der Waals surface area (Å²) in [7, 11) is 0. The van der Waals surface area contributed by atoms with Gasteiger partial charge in [0.25, 0.3) is 0 Å². The van der Waals surface area contributed by atoms with Gasteiger partial charge in [-0.1, -0.05) is 60.3 Å². The molecule has 2 aromatic carbocycles. The summed E-state index contributed by atoms with van der Waals surface area (Å²) in [6.45, 7) is 7.38. The molecule has 0 heterocycles.